The van der Waals surface area contributed by atoms with Crippen LogP contribution in [0.1, 0.15) is 46.9 Å². The fourth-order valence-corrected chi connectivity index (χ4v) is 3.59. The van der Waals surface area contributed by atoms with Crippen molar-refractivity contribution in [1.29, 1.82) is 5.26 Å². The zero-order valence-corrected chi connectivity index (χ0v) is 17.2. The monoisotopic (exact) mass is 402 g/mol. The summed E-state index contributed by atoms with van der Waals surface area (Å²) in [5.41, 5.74) is 4.06. The lowest BCUT2D eigenvalue weighted by molar-refractivity contribution is -0.143. The van der Waals surface area contributed by atoms with Gasteiger partial charge in [0.25, 0.3) is 0 Å². The Hall–Kier alpha value is -3.72. The molecule has 3 aromatic rings. The van der Waals surface area contributed by atoms with Crippen molar-refractivity contribution in [2.45, 2.75) is 33.6 Å². The molecule has 0 aliphatic rings. The largest absolute Gasteiger partial charge is 0.504 e. The molecule has 1 aromatic heterocycles. The van der Waals surface area contributed by atoms with Crippen molar-refractivity contribution in [2.24, 2.45) is 0 Å². The van der Waals surface area contributed by atoms with Crippen LogP contribution in [0.25, 0.3) is 22.0 Å². The Morgan fingerprint density at radius 2 is 1.77 bits per heavy atom. The van der Waals surface area contributed by atoms with Gasteiger partial charge >= 0.3 is 5.97 Å². The Morgan fingerprint density at radius 1 is 1.10 bits per heavy atom. The molecule has 1 N–H and O–H groups in total. The minimum Gasteiger partial charge on any atom is -0.504 e. The molecule has 6 nitrogen and oxygen atoms in total. The van der Waals surface area contributed by atoms with Crippen LogP contribution in [0.2, 0.25) is 0 Å². The second-order valence-corrected chi connectivity index (χ2v) is 6.99. The lowest BCUT2D eigenvalue weighted by atomic mass is 9.92. The molecular formula is C24H22N2O4. The van der Waals surface area contributed by atoms with Gasteiger partial charge in [-0.2, -0.15) is 5.26 Å². The van der Waals surface area contributed by atoms with Crippen molar-refractivity contribution in [3.63, 3.8) is 0 Å². The van der Waals surface area contributed by atoms with E-state index in [1.54, 1.807) is 19.1 Å². The van der Waals surface area contributed by atoms with E-state index in [0.717, 1.165) is 22.3 Å². The fourth-order valence-electron chi connectivity index (χ4n) is 3.59. The Balaban J connectivity index is 2.19. The number of carbonyl (C=O) groups excluding carboxylic acids is 2. The van der Waals surface area contributed by atoms with Crippen LogP contribution in [0, 0.1) is 25.2 Å². The highest BCUT2D eigenvalue weighted by molar-refractivity contribution is 6.05. The number of aromatic nitrogens is 1. The molecule has 0 saturated carbocycles. The molecule has 2 aromatic carbocycles. The van der Waals surface area contributed by atoms with Crippen LogP contribution in [-0.4, -0.2) is 28.4 Å². The third-order valence-corrected chi connectivity index (χ3v) is 4.98. The fraction of sp³-hybridized carbons (Fsp3) is 0.250. The van der Waals surface area contributed by atoms with Crippen LogP contribution in [0.3, 0.4) is 0 Å². The van der Waals surface area contributed by atoms with Gasteiger partial charge in [0.15, 0.2) is 11.5 Å². The topological polar surface area (TPSA) is 100 Å². The molecule has 0 radical (unpaired) electrons. The quantitative estimate of drug-likeness (QED) is 0.477. The molecular weight excluding hydrogens is 380 g/mol. The smallest absolute Gasteiger partial charge is 0.306 e. The van der Waals surface area contributed by atoms with E-state index in [1.807, 2.05) is 44.2 Å². The highest BCUT2D eigenvalue weighted by Gasteiger charge is 2.23. The van der Waals surface area contributed by atoms with Crippen LogP contribution in [0.4, 0.5) is 0 Å². The molecule has 152 valence electrons. The molecule has 0 amide bonds. The number of carbonyl (C=O) groups is 2. The van der Waals surface area contributed by atoms with Gasteiger partial charge in [-0.3, -0.25) is 9.59 Å². The maximum absolute atomic E-state index is 12.7. The minimum atomic E-state index is -0.518. The van der Waals surface area contributed by atoms with Gasteiger partial charge in [0.1, 0.15) is 17.3 Å². The zero-order valence-electron chi connectivity index (χ0n) is 17.2. The number of benzene rings is 2. The minimum absolute atomic E-state index is 0.00688. The number of nitrogens with zero attached hydrogens (tertiary/aromatic N) is 2. The summed E-state index contributed by atoms with van der Waals surface area (Å²) in [6, 6.07) is 13.3. The van der Waals surface area contributed by atoms with Crippen molar-refractivity contribution in [3.8, 4) is 22.9 Å². The van der Waals surface area contributed by atoms with Crippen LogP contribution < -0.4 is 0 Å². The standard InChI is InChI=1S/C24H22N2O4/c1-4-30-20(28)12-11-19(27)23-24(29)18(13-25)16-9-6-10-17(22(16)26-23)21-14(2)7-5-8-15(21)3/h5-10,29H,4,11-12H2,1-3H3. The molecule has 0 saturated heterocycles. The van der Waals surface area contributed by atoms with Crippen LogP contribution >= 0.6 is 0 Å². The number of ketones is 1. The number of ether oxygens (including phenoxy) is 1. The molecule has 1 heterocycles. The molecule has 0 bridgehead atoms. The third-order valence-electron chi connectivity index (χ3n) is 4.98. The van der Waals surface area contributed by atoms with Gasteiger partial charge in [0, 0.05) is 17.4 Å². The van der Waals surface area contributed by atoms with Gasteiger partial charge in [-0.1, -0.05) is 36.4 Å². The number of nitriles is 1. The number of pyridine rings is 1. The summed E-state index contributed by atoms with van der Waals surface area (Å²) in [5.74, 6) is -1.48. The van der Waals surface area contributed by atoms with Gasteiger partial charge in [0.2, 0.25) is 0 Å². The van der Waals surface area contributed by atoms with Gasteiger partial charge in [-0.15, -0.1) is 0 Å². The van der Waals surface area contributed by atoms with Crippen molar-refractivity contribution in [3.05, 3.63) is 58.8 Å². The van der Waals surface area contributed by atoms with E-state index in [2.05, 4.69) is 4.98 Å². The number of rotatable bonds is 6. The average molecular weight is 402 g/mol. The summed E-state index contributed by atoms with van der Waals surface area (Å²) in [6.45, 7) is 5.88. The first-order valence-electron chi connectivity index (χ1n) is 9.70. The first-order chi connectivity index (χ1) is 14.4. The second-order valence-electron chi connectivity index (χ2n) is 6.99. The van der Waals surface area contributed by atoms with Crippen LogP contribution in [0.5, 0.6) is 5.75 Å². The van der Waals surface area contributed by atoms with E-state index in [0.29, 0.717) is 10.9 Å². The molecule has 30 heavy (non-hydrogen) atoms. The summed E-state index contributed by atoms with van der Waals surface area (Å²) in [6.07, 6.45) is -0.284. The highest BCUT2D eigenvalue weighted by atomic mass is 16.5. The molecule has 0 unspecified atom stereocenters. The number of para-hydroxylation sites is 1. The second kappa shape index (κ2) is 8.75. The first kappa shape index (κ1) is 21.0. The highest BCUT2D eigenvalue weighted by Crippen LogP contribution is 2.37. The van der Waals surface area contributed by atoms with Gasteiger partial charge in [-0.25, -0.2) is 4.98 Å². The Labute approximate surface area is 174 Å². The lowest BCUT2D eigenvalue weighted by Gasteiger charge is -2.14. The number of Topliss-reactive ketones (excluding diaryl/α,β-unsaturated/α-hetero) is 1. The van der Waals surface area contributed by atoms with Crippen molar-refractivity contribution < 1.29 is 19.4 Å². The molecule has 0 aliphatic carbocycles. The van der Waals surface area contributed by atoms with Crippen molar-refractivity contribution in [2.75, 3.05) is 6.61 Å². The van der Waals surface area contributed by atoms with E-state index in [9.17, 15) is 20.0 Å². The zero-order chi connectivity index (χ0) is 21.8. The third kappa shape index (κ3) is 3.87. The number of esters is 1. The molecule has 0 fully saturated rings. The van der Waals surface area contributed by atoms with Gasteiger partial charge in [-0.05, 0) is 37.5 Å². The summed E-state index contributed by atoms with van der Waals surface area (Å²) in [7, 11) is 0. The van der Waals surface area contributed by atoms with Crippen LogP contribution in [0.15, 0.2) is 36.4 Å². The predicted molar refractivity (Wildman–Crippen MR) is 113 cm³/mol. The lowest BCUT2D eigenvalue weighted by Crippen LogP contribution is -2.10. The normalized spacial score (nSPS) is 10.6. The van der Waals surface area contributed by atoms with Gasteiger partial charge in [0.05, 0.1) is 18.5 Å². The first-order valence-corrected chi connectivity index (χ1v) is 9.70. The number of hydrogen-bond acceptors (Lipinski definition) is 6. The number of fused-ring (bicyclic) bond motifs is 1. The van der Waals surface area contributed by atoms with Gasteiger partial charge < -0.3 is 9.84 Å². The van der Waals surface area contributed by atoms with Crippen molar-refractivity contribution >= 4 is 22.7 Å². The van der Waals surface area contributed by atoms with E-state index in [1.165, 1.54) is 0 Å². The number of hydrogen-bond donors (Lipinski definition) is 1. The molecule has 6 heteroatoms. The SMILES string of the molecule is CCOC(=O)CCC(=O)c1nc2c(-c3c(C)cccc3C)cccc2c(C#N)c1O. The Morgan fingerprint density at radius 3 is 2.40 bits per heavy atom. The maximum Gasteiger partial charge on any atom is 0.306 e. The summed E-state index contributed by atoms with van der Waals surface area (Å²) in [4.78, 5) is 28.8. The van der Waals surface area contributed by atoms with Crippen LogP contribution in [-0.2, 0) is 9.53 Å². The average Bonchev–Trinajstić information content (AvgIpc) is 2.72. The molecule has 0 atom stereocenters. The summed E-state index contributed by atoms with van der Waals surface area (Å²) in [5, 5.41) is 20.7. The number of aryl methyl sites for hydroxylation is 2. The van der Waals surface area contributed by atoms with E-state index in [4.69, 9.17) is 4.74 Å². The van der Waals surface area contributed by atoms with E-state index in [-0.39, 0.29) is 30.7 Å². The Bertz CT molecular complexity index is 1170. The van der Waals surface area contributed by atoms with Crippen molar-refractivity contribution in [1.82, 2.24) is 4.98 Å². The number of aromatic hydroxyl groups is 1. The summed E-state index contributed by atoms with van der Waals surface area (Å²) < 4.78 is 4.85. The molecule has 0 aliphatic heterocycles. The maximum atomic E-state index is 12.7. The molecule has 0 spiro atoms. The Kier molecular flexibility index (Phi) is 6.12. The predicted octanol–water partition coefficient (Wildman–Crippen LogP) is 4.62. The summed E-state index contributed by atoms with van der Waals surface area (Å²) >= 11 is 0. The van der Waals surface area contributed by atoms with E-state index >= 15 is 0 Å². The molecule has 3 rings (SSSR count). The van der Waals surface area contributed by atoms with E-state index < -0.39 is 17.5 Å².